The standard InChI is InChI=1S/C27H41N3O4/c1-2-33-25-18-21(12-13-24(25)34-20-26(31)29-15-8-5-9-16-29)27(32)28-22-14-17-30(19-22)23-10-6-3-4-7-11-23/h12-13,18,22-23H,2-11,14-17,19-20H2,1H3,(H,28,32). The molecule has 1 unspecified atom stereocenters. The molecule has 3 fully saturated rings. The molecule has 1 N–H and O–H groups in total. The van der Waals surface area contributed by atoms with E-state index in [1.165, 1.54) is 44.9 Å². The maximum absolute atomic E-state index is 13.0. The number of rotatable bonds is 8. The van der Waals surface area contributed by atoms with Gasteiger partial charge in [0.05, 0.1) is 6.61 Å². The zero-order chi connectivity index (χ0) is 23.8. The van der Waals surface area contributed by atoms with Crippen molar-refractivity contribution in [3.8, 4) is 11.5 Å². The highest BCUT2D eigenvalue weighted by Crippen LogP contribution is 2.29. The van der Waals surface area contributed by atoms with E-state index >= 15 is 0 Å². The smallest absolute Gasteiger partial charge is 0.260 e. The summed E-state index contributed by atoms with van der Waals surface area (Å²) in [6, 6.07) is 6.10. The molecule has 1 atom stereocenters. The lowest BCUT2D eigenvalue weighted by Crippen LogP contribution is -2.39. The summed E-state index contributed by atoms with van der Waals surface area (Å²) < 4.78 is 11.6. The van der Waals surface area contributed by atoms with E-state index < -0.39 is 0 Å². The van der Waals surface area contributed by atoms with Crippen LogP contribution in [0.4, 0.5) is 0 Å². The number of likely N-dealkylation sites (tertiary alicyclic amines) is 2. The highest BCUT2D eigenvalue weighted by Gasteiger charge is 2.29. The van der Waals surface area contributed by atoms with Crippen LogP contribution in [0.1, 0.15) is 81.5 Å². The van der Waals surface area contributed by atoms with Crippen LogP contribution in [0, 0.1) is 0 Å². The van der Waals surface area contributed by atoms with Crippen molar-refractivity contribution in [1.29, 1.82) is 0 Å². The maximum atomic E-state index is 13.0. The Morgan fingerprint density at radius 1 is 0.912 bits per heavy atom. The van der Waals surface area contributed by atoms with Gasteiger partial charge in [-0.25, -0.2) is 0 Å². The predicted octanol–water partition coefficient (Wildman–Crippen LogP) is 4.00. The van der Waals surface area contributed by atoms with Crippen LogP contribution in [-0.2, 0) is 4.79 Å². The Labute approximate surface area is 204 Å². The largest absolute Gasteiger partial charge is 0.490 e. The van der Waals surface area contributed by atoms with Gasteiger partial charge in [-0.15, -0.1) is 0 Å². The van der Waals surface area contributed by atoms with Crippen molar-refractivity contribution in [1.82, 2.24) is 15.1 Å². The van der Waals surface area contributed by atoms with Gasteiger partial charge in [0, 0.05) is 43.8 Å². The van der Waals surface area contributed by atoms with Gasteiger partial charge in [0.25, 0.3) is 11.8 Å². The van der Waals surface area contributed by atoms with Crippen LogP contribution in [0.3, 0.4) is 0 Å². The molecule has 2 saturated heterocycles. The molecule has 2 amide bonds. The van der Waals surface area contributed by atoms with Crippen LogP contribution in [0.2, 0.25) is 0 Å². The summed E-state index contributed by atoms with van der Waals surface area (Å²) in [5.74, 6) is 0.935. The molecule has 1 aromatic rings. The third-order valence-corrected chi connectivity index (χ3v) is 7.46. The fraction of sp³-hybridized carbons (Fsp3) is 0.704. The molecule has 0 radical (unpaired) electrons. The number of hydrogen-bond acceptors (Lipinski definition) is 5. The van der Waals surface area contributed by atoms with E-state index in [-0.39, 0.29) is 24.5 Å². The lowest BCUT2D eigenvalue weighted by Gasteiger charge is -2.27. The summed E-state index contributed by atoms with van der Waals surface area (Å²) in [5, 5.41) is 3.22. The van der Waals surface area contributed by atoms with Crippen molar-refractivity contribution in [2.45, 2.75) is 83.2 Å². The first-order valence-corrected chi connectivity index (χ1v) is 13.4. The minimum atomic E-state index is -0.0791. The van der Waals surface area contributed by atoms with Crippen molar-refractivity contribution in [3.63, 3.8) is 0 Å². The van der Waals surface area contributed by atoms with E-state index in [2.05, 4.69) is 10.2 Å². The highest BCUT2D eigenvalue weighted by molar-refractivity contribution is 5.95. The molecule has 34 heavy (non-hydrogen) atoms. The molecular weight excluding hydrogens is 430 g/mol. The topological polar surface area (TPSA) is 71.1 Å². The van der Waals surface area contributed by atoms with Gasteiger partial charge in [-0.3, -0.25) is 14.5 Å². The van der Waals surface area contributed by atoms with Crippen molar-refractivity contribution < 1.29 is 19.1 Å². The van der Waals surface area contributed by atoms with E-state index in [0.717, 1.165) is 45.4 Å². The van der Waals surface area contributed by atoms with Gasteiger partial charge in [-0.1, -0.05) is 25.7 Å². The average molecular weight is 472 g/mol. The molecule has 4 rings (SSSR count). The monoisotopic (exact) mass is 471 g/mol. The molecule has 1 saturated carbocycles. The Balaban J connectivity index is 1.31. The maximum Gasteiger partial charge on any atom is 0.260 e. The van der Waals surface area contributed by atoms with Gasteiger partial charge in [0.1, 0.15) is 0 Å². The first-order chi connectivity index (χ1) is 16.6. The van der Waals surface area contributed by atoms with E-state index in [1.54, 1.807) is 18.2 Å². The van der Waals surface area contributed by atoms with Crippen molar-refractivity contribution in [2.24, 2.45) is 0 Å². The number of nitrogens with one attached hydrogen (secondary N) is 1. The molecule has 7 heteroatoms. The van der Waals surface area contributed by atoms with Crippen LogP contribution < -0.4 is 14.8 Å². The summed E-state index contributed by atoms with van der Waals surface area (Å²) >= 11 is 0. The zero-order valence-corrected chi connectivity index (χ0v) is 20.7. The van der Waals surface area contributed by atoms with E-state index in [0.29, 0.717) is 29.7 Å². The van der Waals surface area contributed by atoms with Gasteiger partial charge in [-0.05, 0) is 63.6 Å². The second kappa shape index (κ2) is 12.4. The SMILES string of the molecule is CCOc1cc(C(=O)NC2CCN(C3CCCCCC3)C2)ccc1OCC(=O)N1CCCCC1. The molecule has 1 aromatic carbocycles. The summed E-state index contributed by atoms with van der Waals surface area (Å²) in [4.78, 5) is 29.9. The lowest BCUT2D eigenvalue weighted by molar-refractivity contribution is -0.134. The number of carbonyl (C=O) groups excluding carboxylic acids is 2. The van der Waals surface area contributed by atoms with Crippen LogP contribution >= 0.6 is 0 Å². The number of benzene rings is 1. The van der Waals surface area contributed by atoms with E-state index in [9.17, 15) is 9.59 Å². The summed E-state index contributed by atoms with van der Waals surface area (Å²) in [6.07, 6.45) is 12.3. The van der Waals surface area contributed by atoms with Crippen LogP contribution in [0.25, 0.3) is 0 Å². The normalized spacial score (nSPS) is 22.3. The number of carbonyl (C=O) groups is 2. The molecule has 188 valence electrons. The van der Waals surface area contributed by atoms with Gasteiger partial charge in [0.15, 0.2) is 18.1 Å². The summed E-state index contributed by atoms with van der Waals surface area (Å²) in [5.41, 5.74) is 0.561. The highest BCUT2D eigenvalue weighted by atomic mass is 16.5. The third-order valence-electron chi connectivity index (χ3n) is 7.46. The minimum Gasteiger partial charge on any atom is -0.490 e. The van der Waals surface area contributed by atoms with Crippen molar-refractivity contribution in [2.75, 3.05) is 39.4 Å². The average Bonchev–Trinajstić information content (AvgIpc) is 3.15. The van der Waals surface area contributed by atoms with E-state index in [1.807, 2.05) is 11.8 Å². The summed E-state index contributed by atoms with van der Waals surface area (Å²) in [6.45, 7) is 5.96. The number of nitrogens with zero attached hydrogens (tertiary/aromatic N) is 2. The second-order valence-corrected chi connectivity index (χ2v) is 9.92. The molecule has 3 aliphatic rings. The molecule has 0 spiro atoms. The van der Waals surface area contributed by atoms with Gasteiger partial charge < -0.3 is 19.7 Å². The molecule has 0 bridgehead atoms. The molecular formula is C27H41N3O4. The molecule has 1 aliphatic carbocycles. The Kier molecular flexibility index (Phi) is 9.08. The van der Waals surface area contributed by atoms with Crippen LogP contribution in [-0.4, -0.2) is 73.1 Å². The first-order valence-electron chi connectivity index (χ1n) is 13.4. The Bertz CT molecular complexity index is 816. The van der Waals surface area contributed by atoms with Gasteiger partial charge in [-0.2, -0.15) is 0 Å². The fourth-order valence-electron chi connectivity index (χ4n) is 5.54. The second-order valence-electron chi connectivity index (χ2n) is 9.92. The van der Waals surface area contributed by atoms with Crippen LogP contribution in [0.15, 0.2) is 18.2 Å². The number of amides is 2. The number of ether oxygens (including phenoxy) is 2. The molecule has 7 nitrogen and oxygen atoms in total. The van der Waals surface area contributed by atoms with Gasteiger partial charge in [0.2, 0.25) is 0 Å². The lowest BCUT2D eigenvalue weighted by atomic mass is 10.1. The van der Waals surface area contributed by atoms with Crippen molar-refractivity contribution >= 4 is 11.8 Å². The molecule has 2 heterocycles. The zero-order valence-electron chi connectivity index (χ0n) is 20.7. The predicted molar refractivity (Wildman–Crippen MR) is 132 cm³/mol. The summed E-state index contributed by atoms with van der Waals surface area (Å²) in [7, 11) is 0. The first kappa shape index (κ1) is 24.8. The third kappa shape index (κ3) is 6.65. The van der Waals surface area contributed by atoms with Crippen molar-refractivity contribution in [3.05, 3.63) is 23.8 Å². The Morgan fingerprint density at radius 2 is 1.65 bits per heavy atom. The Morgan fingerprint density at radius 3 is 2.38 bits per heavy atom. The van der Waals surface area contributed by atoms with E-state index in [4.69, 9.17) is 9.47 Å². The number of piperidine rings is 1. The van der Waals surface area contributed by atoms with Gasteiger partial charge >= 0.3 is 0 Å². The molecule has 0 aromatic heterocycles. The molecule has 2 aliphatic heterocycles. The van der Waals surface area contributed by atoms with Crippen LogP contribution in [0.5, 0.6) is 11.5 Å². The Hall–Kier alpha value is -2.28. The number of hydrogen-bond donors (Lipinski definition) is 1. The minimum absolute atomic E-state index is 0.00317. The quantitative estimate of drug-likeness (QED) is 0.580. The fourth-order valence-corrected chi connectivity index (χ4v) is 5.54.